The lowest BCUT2D eigenvalue weighted by Crippen LogP contribution is -2.43. The van der Waals surface area contributed by atoms with Crippen molar-refractivity contribution >= 4 is 11.9 Å². The SMILES string of the molecule is CC1CCCCC1C(=O)NCC(C)(C)C(=O)O. The number of carbonyl (C=O) groups excluding carboxylic acids is 1. The van der Waals surface area contributed by atoms with Crippen molar-refractivity contribution in [2.24, 2.45) is 17.3 Å². The number of carbonyl (C=O) groups is 2. The number of amides is 1. The minimum Gasteiger partial charge on any atom is -0.481 e. The highest BCUT2D eigenvalue weighted by molar-refractivity contribution is 5.80. The van der Waals surface area contributed by atoms with E-state index in [1.54, 1.807) is 13.8 Å². The second-order valence-electron chi connectivity index (χ2n) is 5.78. The molecule has 2 unspecified atom stereocenters. The monoisotopic (exact) mass is 241 g/mol. The summed E-state index contributed by atoms with van der Waals surface area (Å²) in [4.78, 5) is 22.9. The molecular formula is C13H23NO3. The fourth-order valence-electron chi connectivity index (χ4n) is 2.22. The Bertz CT molecular complexity index is 299. The highest BCUT2D eigenvalue weighted by Crippen LogP contribution is 2.29. The topological polar surface area (TPSA) is 66.4 Å². The van der Waals surface area contributed by atoms with Crippen LogP contribution in [0.3, 0.4) is 0 Å². The van der Waals surface area contributed by atoms with E-state index in [1.165, 1.54) is 6.42 Å². The van der Waals surface area contributed by atoms with Crippen LogP contribution in [0.15, 0.2) is 0 Å². The molecule has 98 valence electrons. The van der Waals surface area contributed by atoms with Gasteiger partial charge in [0.05, 0.1) is 5.41 Å². The summed E-state index contributed by atoms with van der Waals surface area (Å²) in [5.74, 6) is -0.383. The van der Waals surface area contributed by atoms with Gasteiger partial charge >= 0.3 is 5.97 Å². The number of hydrogen-bond donors (Lipinski definition) is 2. The van der Waals surface area contributed by atoms with Gasteiger partial charge < -0.3 is 10.4 Å². The second kappa shape index (κ2) is 5.52. The molecule has 1 rings (SSSR count). The van der Waals surface area contributed by atoms with Gasteiger partial charge in [0.25, 0.3) is 0 Å². The third kappa shape index (κ3) is 3.72. The van der Waals surface area contributed by atoms with Crippen LogP contribution in [0.2, 0.25) is 0 Å². The largest absolute Gasteiger partial charge is 0.481 e. The average Bonchev–Trinajstić information content (AvgIpc) is 2.26. The summed E-state index contributed by atoms with van der Waals surface area (Å²) in [6.07, 6.45) is 4.33. The van der Waals surface area contributed by atoms with E-state index < -0.39 is 11.4 Å². The van der Waals surface area contributed by atoms with Gasteiger partial charge in [-0.2, -0.15) is 0 Å². The number of hydrogen-bond acceptors (Lipinski definition) is 2. The summed E-state index contributed by atoms with van der Waals surface area (Å²) in [5.41, 5.74) is -0.895. The lowest BCUT2D eigenvalue weighted by Gasteiger charge is -2.29. The molecule has 0 heterocycles. The molecule has 0 saturated heterocycles. The van der Waals surface area contributed by atoms with Gasteiger partial charge in [-0.25, -0.2) is 0 Å². The fourth-order valence-corrected chi connectivity index (χ4v) is 2.22. The van der Waals surface area contributed by atoms with Crippen LogP contribution in [0, 0.1) is 17.3 Å². The van der Waals surface area contributed by atoms with Crippen LogP contribution in [0.1, 0.15) is 46.5 Å². The molecule has 1 saturated carbocycles. The van der Waals surface area contributed by atoms with Crippen molar-refractivity contribution in [3.05, 3.63) is 0 Å². The first kappa shape index (κ1) is 14.0. The Morgan fingerprint density at radius 1 is 1.29 bits per heavy atom. The molecule has 17 heavy (non-hydrogen) atoms. The normalized spacial score (nSPS) is 25.4. The van der Waals surface area contributed by atoms with Gasteiger partial charge in [-0.05, 0) is 32.6 Å². The molecule has 0 radical (unpaired) electrons. The maximum Gasteiger partial charge on any atom is 0.310 e. The van der Waals surface area contributed by atoms with Gasteiger partial charge in [-0.3, -0.25) is 9.59 Å². The van der Waals surface area contributed by atoms with Crippen molar-refractivity contribution in [1.29, 1.82) is 0 Å². The molecule has 4 nitrogen and oxygen atoms in total. The lowest BCUT2D eigenvalue weighted by atomic mass is 9.79. The summed E-state index contributed by atoms with van der Waals surface area (Å²) >= 11 is 0. The van der Waals surface area contributed by atoms with Crippen molar-refractivity contribution in [3.8, 4) is 0 Å². The Hall–Kier alpha value is -1.06. The van der Waals surface area contributed by atoms with Crippen molar-refractivity contribution in [3.63, 3.8) is 0 Å². The van der Waals surface area contributed by atoms with Crippen molar-refractivity contribution in [2.75, 3.05) is 6.54 Å². The molecule has 0 aliphatic heterocycles. The first-order valence-corrected chi connectivity index (χ1v) is 6.35. The van der Waals surface area contributed by atoms with Crippen LogP contribution in [-0.2, 0) is 9.59 Å². The van der Waals surface area contributed by atoms with E-state index in [0.717, 1.165) is 19.3 Å². The standard InChI is InChI=1S/C13H23NO3/c1-9-6-4-5-7-10(9)11(15)14-8-13(2,3)12(16)17/h9-10H,4-8H2,1-3H3,(H,14,15)(H,16,17). The minimum absolute atomic E-state index is 0.0199. The highest BCUT2D eigenvalue weighted by Gasteiger charge is 2.31. The zero-order chi connectivity index (χ0) is 13.1. The maximum absolute atomic E-state index is 12.0. The first-order chi connectivity index (χ1) is 7.84. The Morgan fingerprint density at radius 3 is 2.41 bits per heavy atom. The summed E-state index contributed by atoms with van der Waals surface area (Å²) < 4.78 is 0. The molecule has 1 fully saturated rings. The van der Waals surface area contributed by atoms with E-state index in [2.05, 4.69) is 12.2 Å². The predicted molar refractivity (Wildman–Crippen MR) is 65.5 cm³/mol. The van der Waals surface area contributed by atoms with Crippen LogP contribution >= 0.6 is 0 Å². The van der Waals surface area contributed by atoms with E-state index in [-0.39, 0.29) is 18.4 Å². The zero-order valence-electron chi connectivity index (χ0n) is 11.0. The second-order valence-corrected chi connectivity index (χ2v) is 5.78. The predicted octanol–water partition coefficient (Wildman–Crippen LogP) is 2.04. The smallest absolute Gasteiger partial charge is 0.310 e. The summed E-state index contributed by atoms with van der Waals surface area (Å²) in [5, 5.41) is 11.7. The van der Waals surface area contributed by atoms with Gasteiger partial charge in [-0.1, -0.05) is 19.8 Å². The van der Waals surface area contributed by atoms with E-state index in [0.29, 0.717) is 5.92 Å². The van der Waals surface area contributed by atoms with Crippen molar-refractivity contribution < 1.29 is 14.7 Å². The van der Waals surface area contributed by atoms with Crippen LogP contribution in [0.25, 0.3) is 0 Å². The number of carboxylic acids is 1. The van der Waals surface area contributed by atoms with Crippen LogP contribution < -0.4 is 5.32 Å². The minimum atomic E-state index is -0.895. The molecule has 0 bridgehead atoms. The molecule has 1 aliphatic carbocycles. The van der Waals surface area contributed by atoms with Crippen molar-refractivity contribution in [2.45, 2.75) is 46.5 Å². The van der Waals surface area contributed by atoms with Gasteiger partial charge in [0.1, 0.15) is 0 Å². The number of nitrogens with one attached hydrogen (secondary N) is 1. The molecule has 0 aromatic carbocycles. The molecule has 4 heteroatoms. The quantitative estimate of drug-likeness (QED) is 0.791. The molecule has 0 aromatic heterocycles. The molecule has 2 atom stereocenters. The maximum atomic E-state index is 12.0. The van der Waals surface area contributed by atoms with Crippen LogP contribution in [-0.4, -0.2) is 23.5 Å². The van der Waals surface area contributed by atoms with Gasteiger partial charge in [0.15, 0.2) is 0 Å². The highest BCUT2D eigenvalue weighted by atomic mass is 16.4. The van der Waals surface area contributed by atoms with E-state index in [9.17, 15) is 9.59 Å². The number of rotatable bonds is 4. The molecule has 0 aromatic rings. The van der Waals surface area contributed by atoms with E-state index in [1.807, 2.05) is 0 Å². The van der Waals surface area contributed by atoms with Gasteiger partial charge in [0.2, 0.25) is 5.91 Å². The Labute approximate surface area is 103 Å². The molecule has 1 aliphatic rings. The van der Waals surface area contributed by atoms with Crippen LogP contribution in [0.5, 0.6) is 0 Å². The lowest BCUT2D eigenvalue weighted by molar-refractivity contribution is -0.147. The zero-order valence-corrected chi connectivity index (χ0v) is 11.0. The van der Waals surface area contributed by atoms with Crippen LogP contribution in [0.4, 0.5) is 0 Å². The first-order valence-electron chi connectivity index (χ1n) is 6.35. The third-order valence-electron chi connectivity index (χ3n) is 3.73. The fraction of sp³-hybridized carbons (Fsp3) is 0.846. The van der Waals surface area contributed by atoms with E-state index >= 15 is 0 Å². The summed E-state index contributed by atoms with van der Waals surface area (Å²) in [6, 6.07) is 0. The molecule has 1 amide bonds. The Kier molecular flexibility index (Phi) is 4.54. The molecular weight excluding hydrogens is 218 g/mol. The van der Waals surface area contributed by atoms with E-state index in [4.69, 9.17) is 5.11 Å². The number of aliphatic carboxylic acids is 1. The third-order valence-corrected chi connectivity index (χ3v) is 3.73. The van der Waals surface area contributed by atoms with Crippen molar-refractivity contribution in [1.82, 2.24) is 5.32 Å². The van der Waals surface area contributed by atoms with Gasteiger partial charge in [-0.15, -0.1) is 0 Å². The number of carboxylic acid groups (broad SMARTS) is 1. The van der Waals surface area contributed by atoms with Gasteiger partial charge in [0, 0.05) is 12.5 Å². The molecule has 2 N–H and O–H groups in total. The Balaban J connectivity index is 2.46. The average molecular weight is 241 g/mol. The summed E-state index contributed by atoms with van der Waals surface area (Å²) in [6.45, 7) is 5.55. The molecule has 0 spiro atoms. The Morgan fingerprint density at radius 2 is 1.88 bits per heavy atom. The summed E-state index contributed by atoms with van der Waals surface area (Å²) in [7, 11) is 0.